The van der Waals surface area contributed by atoms with Crippen LogP contribution in [-0.2, 0) is 0 Å². The van der Waals surface area contributed by atoms with Crippen LogP contribution < -0.4 is 0 Å². The summed E-state index contributed by atoms with van der Waals surface area (Å²) in [7, 11) is 0. The summed E-state index contributed by atoms with van der Waals surface area (Å²) < 4.78 is 13.4. The summed E-state index contributed by atoms with van der Waals surface area (Å²) in [5.74, 6) is -0.614. The minimum atomic E-state index is -0.370. The lowest BCUT2D eigenvalue weighted by Crippen LogP contribution is -2.07. The molecule has 0 saturated heterocycles. The van der Waals surface area contributed by atoms with E-state index in [2.05, 4.69) is 4.98 Å². The summed E-state index contributed by atoms with van der Waals surface area (Å²) >= 11 is 0. The second-order valence-electron chi connectivity index (χ2n) is 4.47. The maximum Gasteiger partial charge on any atom is 0.211 e. The minimum absolute atomic E-state index is 0.244. The van der Waals surface area contributed by atoms with Crippen molar-refractivity contribution < 1.29 is 9.18 Å². The van der Waals surface area contributed by atoms with Gasteiger partial charge in [0.2, 0.25) is 5.78 Å². The van der Waals surface area contributed by atoms with E-state index in [1.165, 1.54) is 6.07 Å². The topological polar surface area (TPSA) is 30.0 Å². The van der Waals surface area contributed by atoms with Crippen molar-refractivity contribution in [2.75, 3.05) is 0 Å². The first-order chi connectivity index (χ1) is 8.49. The Morgan fingerprint density at radius 2 is 1.83 bits per heavy atom. The van der Waals surface area contributed by atoms with Crippen LogP contribution in [0.5, 0.6) is 0 Å². The van der Waals surface area contributed by atoms with Crippen molar-refractivity contribution in [3.05, 3.63) is 64.2 Å². The SMILES string of the molecule is Cc1cnc(C(=O)c2ccc(C)c(F)c2)c(C)c1. The van der Waals surface area contributed by atoms with E-state index in [1.54, 1.807) is 25.3 Å². The lowest BCUT2D eigenvalue weighted by Gasteiger charge is -2.06. The summed E-state index contributed by atoms with van der Waals surface area (Å²) in [6.45, 7) is 5.41. The van der Waals surface area contributed by atoms with Crippen LogP contribution in [0.3, 0.4) is 0 Å². The first-order valence-corrected chi connectivity index (χ1v) is 5.73. The lowest BCUT2D eigenvalue weighted by molar-refractivity contribution is 0.103. The maximum atomic E-state index is 13.4. The molecule has 1 aromatic heterocycles. The Kier molecular flexibility index (Phi) is 3.24. The standard InChI is InChI=1S/C15H14FNO/c1-9-6-11(3)14(17-8-9)15(18)12-5-4-10(2)13(16)7-12/h4-8H,1-3H3. The van der Waals surface area contributed by atoms with Crippen LogP contribution in [0.1, 0.15) is 32.7 Å². The fraction of sp³-hybridized carbons (Fsp3) is 0.200. The highest BCUT2D eigenvalue weighted by molar-refractivity contribution is 6.08. The molecule has 2 nitrogen and oxygen atoms in total. The van der Waals surface area contributed by atoms with Crippen molar-refractivity contribution in [3.63, 3.8) is 0 Å². The van der Waals surface area contributed by atoms with E-state index in [0.717, 1.165) is 11.1 Å². The predicted octanol–water partition coefficient (Wildman–Crippen LogP) is 3.38. The first kappa shape index (κ1) is 12.4. The zero-order chi connectivity index (χ0) is 13.3. The number of carbonyl (C=O) groups excluding carboxylic acids is 1. The van der Waals surface area contributed by atoms with Gasteiger partial charge in [0.15, 0.2) is 0 Å². The molecule has 1 aromatic carbocycles. The van der Waals surface area contributed by atoms with Crippen LogP contribution in [0.4, 0.5) is 4.39 Å². The molecule has 92 valence electrons. The number of aryl methyl sites for hydroxylation is 3. The predicted molar refractivity (Wildman–Crippen MR) is 68.3 cm³/mol. The van der Waals surface area contributed by atoms with Gasteiger partial charge in [-0.05, 0) is 43.5 Å². The Balaban J connectivity index is 2.44. The second kappa shape index (κ2) is 4.69. The third kappa shape index (κ3) is 2.30. The maximum absolute atomic E-state index is 13.4. The molecule has 1 heterocycles. The van der Waals surface area contributed by atoms with E-state index < -0.39 is 0 Å². The minimum Gasteiger partial charge on any atom is -0.287 e. The fourth-order valence-corrected chi connectivity index (χ4v) is 1.82. The van der Waals surface area contributed by atoms with Crippen molar-refractivity contribution in [2.45, 2.75) is 20.8 Å². The molecule has 3 heteroatoms. The lowest BCUT2D eigenvalue weighted by atomic mass is 10.0. The highest BCUT2D eigenvalue weighted by atomic mass is 19.1. The van der Waals surface area contributed by atoms with Gasteiger partial charge in [0, 0.05) is 11.8 Å². The first-order valence-electron chi connectivity index (χ1n) is 5.73. The van der Waals surface area contributed by atoms with Gasteiger partial charge in [0.25, 0.3) is 0 Å². The number of hydrogen-bond donors (Lipinski definition) is 0. The second-order valence-corrected chi connectivity index (χ2v) is 4.47. The Labute approximate surface area is 105 Å². The molecule has 0 aliphatic rings. The van der Waals surface area contributed by atoms with Gasteiger partial charge in [-0.3, -0.25) is 9.78 Å². The van der Waals surface area contributed by atoms with Crippen LogP contribution in [0, 0.1) is 26.6 Å². The third-order valence-corrected chi connectivity index (χ3v) is 2.86. The summed E-state index contributed by atoms with van der Waals surface area (Å²) in [4.78, 5) is 16.3. The number of pyridine rings is 1. The molecule has 0 atom stereocenters. The highest BCUT2D eigenvalue weighted by Crippen LogP contribution is 2.15. The molecule has 0 bridgehead atoms. The Bertz CT molecular complexity index is 620. The van der Waals surface area contributed by atoms with Crippen LogP contribution in [0.2, 0.25) is 0 Å². The fourth-order valence-electron chi connectivity index (χ4n) is 1.82. The Morgan fingerprint density at radius 1 is 1.11 bits per heavy atom. The van der Waals surface area contributed by atoms with Crippen LogP contribution >= 0.6 is 0 Å². The van der Waals surface area contributed by atoms with E-state index >= 15 is 0 Å². The smallest absolute Gasteiger partial charge is 0.211 e. The molecule has 0 spiro atoms. The van der Waals surface area contributed by atoms with E-state index in [0.29, 0.717) is 16.8 Å². The molecule has 0 aliphatic heterocycles. The number of benzene rings is 1. The van der Waals surface area contributed by atoms with Crippen LogP contribution in [0.25, 0.3) is 0 Å². The molecular weight excluding hydrogens is 229 g/mol. The molecule has 0 saturated carbocycles. The zero-order valence-electron chi connectivity index (χ0n) is 10.6. The van der Waals surface area contributed by atoms with Crippen LogP contribution in [0.15, 0.2) is 30.5 Å². The summed E-state index contributed by atoms with van der Waals surface area (Å²) in [6, 6.07) is 6.39. The molecule has 0 radical (unpaired) electrons. The molecule has 0 unspecified atom stereocenters. The number of carbonyl (C=O) groups is 1. The quantitative estimate of drug-likeness (QED) is 0.757. The van der Waals surface area contributed by atoms with Gasteiger partial charge in [-0.2, -0.15) is 0 Å². The number of ketones is 1. The molecule has 0 fully saturated rings. The average Bonchev–Trinajstić information content (AvgIpc) is 2.32. The van der Waals surface area contributed by atoms with Gasteiger partial charge in [-0.15, -0.1) is 0 Å². The Morgan fingerprint density at radius 3 is 2.44 bits per heavy atom. The summed E-state index contributed by atoms with van der Waals surface area (Å²) in [6.07, 6.45) is 1.64. The van der Waals surface area contributed by atoms with E-state index in [4.69, 9.17) is 0 Å². The van der Waals surface area contributed by atoms with Crippen molar-refractivity contribution in [2.24, 2.45) is 0 Å². The van der Waals surface area contributed by atoms with Crippen molar-refractivity contribution in [1.29, 1.82) is 0 Å². The van der Waals surface area contributed by atoms with Crippen molar-refractivity contribution in [3.8, 4) is 0 Å². The highest BCUT2D eigenvalue weighted by Gasteiger charge is 2.14. The van der Waals surface area contributed by atoms with E-state index in [-0.39, 0.29) is 11.6 Å². The normalized spacial score (nSPS) is 10.4. The zero-order valence-corrected chi connectivity index (χ0v) is 10.6. The van der Waals surface area contributed by atoms with Crippen molar-refractivity contribution >= 4 is 5.78 Å². The molecule has 0 aliphatic carbocycles. The number of nitrogens with zero attached hydrogens (tertiary/aromatic N) is 1. The Hall–Kier alpha value is -2.03. The molecule has 18 heavy (non-hydrogen) atoms. The van der Waals surface area contributed by atoms with Gasteiger partial charge in [0.05, 0.1) is 0 Å². The van der Waals surface area contributed by atoms with Crippen molar-refractivity contribution in [1.82, 2.24) is 4.98 Å². The largest absolute Gasteiger partial charge is 0.287 e. The number of halogens is 1. The average molecular weight is 243 g/mol. The number of aromatic nitrogens is 1. The van der Waals surface area contributed by atoms with Gasteiger partial charge in [0.1, 0.15) is 11.5 Å². The summed E-state index contributed by atoms with van der Waals surface area (Å²) in [5, 5.41) is 0. The molecule has 0 amide bonds. The van der Waals surface area contributed by atoms with Gasteiger partial charge in [-0.25, -0.2) is 4.39 Å². The molecular formula is C15H14FNO. The summed E-state index contributed by atoms with van der Waals surface area (Å²) in [5.41, 5.74) is 3.04. The van der Waals surface area contributed by atoms with Crippen LogP contribution in [-0.4, -0.2) is 10.8 Å². The molecule has 2 aromatic rings. The van der Waals surface area contributed by atoms with Gasteiger partial charge >= 0.3 is 0 Å². The van der Waals surface area contributed by atoms with Gasteiger partial charge < -0.3 is 0 Å². The number of hydrogen-bond acceptors (Lipinski definition) is 2. The molecule has 0 N–H and O–H groups in total. The van der Waals surface area contributed by atoms with E-state index in [9.17, 15) is 9.18 Å². The monoisotopic (exact) mass is 243 g/mol. The van der Waals surface area contributed by atoms with E-state index in [1.807, 2.05) is 19.9 Å². The van der Waals surface area contributed by atoms with Gasteiger partial charge in [-0.1, -0.05) is 18.2 Å². The molecule has 2 rings (SSSR count). The number of rotatable bonds is 2. The third-order valence-electron chi connectivity index (χ3n) is 2.86.